The molecule has 1 aliphatic heterocycles. The summed E-state index contributed by atoms with van der Waals surface area (Å²) in [6.07, 6.45) is 6.13. The van der Waals surface area contributed by atoms with Crippen molar-refractivity contribution in [2.45, 2.75) is 19.9 Å². The molecule has 0 atom stereocenters. The van der Waals surface area contributed by atoms with Gasteiger partial charge in [0.15, 0.2) is 5.17 Å². The van der Waals surface area contributed by atoms with Gasteiger partial charge in [0.05, 0.1) is 38.6 Å². The van der Waals surface area contributed by atoms with Crippen LogP contribution in [0.1, 0.15) is 19.4 Å². The second kappa shape index (κ2) is 9.12. The highest BCUT2D eigenvalue weighted by Gasteiger charge is 2.25. The van der Waals surface area contributed by atoms with Gasteiger partial charge < -0.3 is 5.32 Å². The molecule has 3 aromatic rings. The summed E-state index contributed by atoms with van der Waals surface area (Å²) < 4.78 is 25.8. The number of nitrogens with one attached hydrogen (secondary N) is 1. The number of carbonyl (C=O) groups is 1. The second-order valence-electron chi connectivity index (χ2n) is 7.58. The number of anilines is 2. The van der Waals surface area contributed by atoms with E-state index in [0.717, 1.165) is 22.9 Å². The van der Waals surface area contributed by atoms with Crippen molar-refractivity contribution in [3.8, 4) is 0 Å². The molecule has 2 aromatic carbocycles. The molecule has 0 saturated heterocycles. The standard InChI is InChI=1S/C22H20ClN5O3S2/c1-13(2)28(33(3,30)31)15-5-6-16(23)18(12-15)26-22-27-21(29)20(32-22)11-14-4-7-17-19(10-14)25-9-8-24-17/h4-13H,1-3H3,(H,26,27,29). The molecule has 2 heterocycles. The van der Waals surface area contributed by atoms with E-state index in [2.05, 4.69) is 20.3 Å². The van der Waals surface area contributed by atoms with Gasteiger partial charge in [-0.2, -0.15) is 4.99 Å². The van der Waals surface area contributed by atoms with Crippen molar-refractivity contribution in [2.75, 3.05) is 15.9 Å². The summed E-state index contributed by atoms with van der Waals surface area (Å²) in [5.41, 5.74) is 3.21. The molecule has 0 unspecified atom stereocenters. The first kappa shape index (κ1) is 23.2. The van der Waals surface area contributed by atoms with E-state index in [1.165, 1.54) is 16.1 Å². The number of amidine groups is 1. The summed E-state index contributed by atoms with van der Waals surface area (Å²) in [4.78, 5) is 25.5. The zero-order valence-electron chi connectivity index (χ0n) is 18.0. The Balaban J connectivity index is 1.57. The van der Waals surface area contributed by atoms with Crippen LogP contribution in [0, 0.1) is 0 Å². The number of aliphatic imine (C=N–C) groups is 1. The first-order chi connectivity index (χ1) is 15.6. The van der Waals surface area contributed by atoms with Gasteiger partial charge in [0.25, 0.3) is 5.91 Å². The smallest absolute Gasteiger partial charge is 0.286 e. The fraction of sp³-hybridized carbons (Fsp3) is 0.182. The van der Waals surface area contributed by atoms with Crippen LogP contribution >= 0.6 is 23.4 Å². The van der Waals surface area contributed by atoms with Gasteiger partial charge >= 0.3 is 0 Å². The van der Waals surface area contributed by atoms with E-state index in [0.29, 0.717) is 26.5 Å². The highest BCUT2D eigenvalue weighted by Crippen LogP contribution is 2.34. The van der Waals surface area contributed by atoms with E-state index in [1.54, 1.807) is 50.5 Å². The molecule has 0 aliphatic carbocycles. The molecule has 0 bridgehead atoms. The maximum Gasteiger partial charge on any atom is 0.286 e. The highest BCUT2D eigenvalue weighted by atomic mass is 35.5. The summed E-state index contributed by atoms with van der Waals surface area (Å²) in [6, 6.07) is 10.1. The monoisotopic (exact) mass is 501 g/mol. The van der Waals surface area contributed by atoms with Crippen LogP contribution in [0.5, 0.6) is 0 Å². The summed E-state index contributed by atoms with van der Waals surface area (Å²) in [6.45, 7) is 3.57. The number of hydrogen-bond acceptors (Lipinski definition) is 7. The van der Waals surface area contributed by atoms with Gasteiger partial charge in [-0.15, -0.1) is 0 Å². The molecule has 8 nitrogen and oxygen atoms in total. The number of halogens is 1. The molecular weight excluding hydrogens is 482 g/mol. The topological polar surface area (TPSA) is 105 Å². The van der Waals surface area contributed by atoms with Gasteiger partial charge in [0.2, 0.25) is 10.0 Å². The van der Waals surface area contributed by atoms with Crippen LogP contribution in [0.3, 0.4) is 0 Å². The normalized spacial score (nSPS) is 15.4. The predicted molar refractivity (Wildman–Crippen MR) is 135 cm³/mol. The average Bonchev–Trinajstić information content (AvgIpc) is 3.07. The van der Waals surface area contributed by atoms with Gasteiger partial charge in [-0.3, -0.25) is 19.1 Å². The van der Waals surface area contributed by atoms with E-state index in [9.17, 15) is 13.2 Å². The van der Waals surface area contributed by atoms with E-state index < -0.39 is 10.0 Å². The predicted octanol–water partition coefficient (Wildman–Crippen LogP) is 4.54. The van der Waals surface area contributed by atoms with E-state index in [-0.39, 0.29) is 11.9 Å². The largest absolute Gasteiger partial charge is 0.333 e. The van der Waals surface area contributed by atoms with E-state index >= 15 is 0 Å². The number of thioether (sulfide) groups is 1. The third-order valence-electron chi connectivity index (χ3n) is 4.68. The minimum Gasteiger partial charge on any atom is -0.333 e. The van der Waals surface area contributed by atoms with Crippen LogP contribution in [-0.4, -0.2) is 41.8 Å². The SMILES string of the molecule is CC(C)N(c1ccc(Cl)c(NC2=NC(=O)C(=Cc3ccc4nccnc4c3)S2)c1)S(C)(=O)=O. The van der Waals surface area contributed by atoms with Crippen LogP contribution in [-0.2, 0) is 14.8 Å². The third-order valence-corrected chi connectivity index (χ3v) is 7.26. The second-order valence-corrected chi connectivity index (χ2v) is 10.9. The number of benzene rings is 2. The van der Waals surface area contributed by atoms with E-state index in [1.807, 2.05) is 18.2 Å². The lowest BCUT2D eigenvalue weighted by molar-refractivity contribution is -0.113. The number of hydrogen-bond donors (Lipinski definition) is 1. The summed E-state index contributed by atoms with van der Waals surface area (Å²) >= 11 is 7.50. The molecule has 33 heavy (non-hydrogen) atoms. The van der Waals surface area contributed by atoms with Gasteiger partial charge in [-0.1, -0.05) is 17.7 Å². The lowest BCUT2D eigenvalue weighted by Gasteiger charge is -2.27. The first-order valence-corrected chi connectivity index (χ1v) is 13.0. The molecule has 1 amide bonds. The maximum absolute atomic E-state index is 12.5. The lowest BCUT2D eigenvalue weighted by Crippen LogP contribution is -2.36. The average molecular weight is 502 g/mol. The Hall–Kier alpha value is -2.95. The number of sulfonamides is 1. The van der Waals surface area contributed by atoms with Crippen LogP contribution in [0.2, 0.25) is 5.02 Å². The Morgan fingerprint density at radius 2 is 1.82 bits per heavy atom. The molecule has 0 saturated carbocycles. The molecule has 4 rings (SSSR count). The Morgan fingerprint density at radius 3 is 2.52 bits per heavy atom. The van der Waals surface area contributed by atoms with Gasteiger partial charge in [0.1, 0.15) is 0 Å². The summed E-state index contributed by atoms with van der Waals surface area (Å²) in [5, 5.41) is 3.77. The number of carbonyl (C=O) groups excluding carboxylic acids is 1. The van der Waals surface area contributed by atoms with Crippen molar-refractivity contribution in [1.29, 1.82) is 0 Å². The van der Waals surface area contributed by atoms with Crippen molar-refractivity contribution in [3.63, 3.8) is 0 Å². The molecular formula is C22H20ClN5O3S2. The van der Waals surface area contributed by atoms with Crippen molar-refractivity contribution in [3.05, 3.63) is 64.3 Å². The van der Waals surface area contributed by atoms with Crippen molar-refractivity contribution >= 4 is 72.9 Å². The van der Waals surface area contributed by atoms with Gasteiger partial charge in [-0.05, 0) is 67.6 Å². The quantitative estimate of drug-likeness (QED) is 0.511. The van der Waals surface area contributed by atoms with Crippen LogP contribution in [0.15, 0.2) is 58.7 Å². The van der Waals surface area contributed by atoms with Crippen molar-refractivity contribution in [1.82, 2.24) is 9.97 Å². The number of rotatable bonds is 5. The molecule has 1 N–H and O–H groups in total. The molecule has 0 fully saturated rings. The van der Waals surface area contributed by atoms with Crippen LogP contribution in [0.4, 0.5) is 11.4 Å². The Bertz CT molecular complexity index is 1420. The Labute approximate surface area is 200 Å². The fourth-order valence-electron chi connectivity index (χ4n) is 3.42. The molecule has 11 heteroatoms. The zero-order chi connectivity index (χ0) is 23.8. The molecule has 170 valence electrons. The molecule has 0 radical (unpaired) electrons. The zero-order valence-corrected chi connectivity index (χ0v) is 20.4. The lowest BCUT2D eigenvalue weighted by atomic mass is 10.2. The minimum absolute atomic E-state index is 0.282. The Morgan fingerprint density at radius 1 is 1.09 bits per heavy atom. The minimum atomic E-state index is -3.49. The number of fused-ring (bicyclic) bond motifs is 1. The van der Waals surface area contributed by atoms with E-state index in [4.69, 9.17) is 11.6 Å². The molecule has 1 aromatic heterocycles. The molecule has 1 aliphatic rings. The van der Waals surface area contributed by atoms with Crippen LogP contribution in [0.25, 0.3) is 17.1 Å². The highest BCUT2D eigenvalue weighted by molar-refractivity contribution is 8.18. The number of amides is 1. The maximum atomic E-state index is 12.5. The number of aromatic nitrogens is 2. The third kappa shape index (κ3) is 5.18. The van der Waals surface area contributed by atoms with Crippen molar-refractivity contribution < 1.29 is 13.2 Å². The van der Waals surface area contributed by atoms with Crippen LogP contribution < -0.4 is 9.62 Å². The van der Waals surface area contributed by atoms with Gasteiger partial charge in [0, 0.05) is 18.4 Å². The summed E-state index contributed by atoms with van der Waals surface area (Å²) in [7, 11) is -3.49. The van der Waals surface area contributed by atoms with Crippen molar-refractivity contribution in [2.24, 2.45) is 4.99 Å². The Kier molecular flexibility index (Phi) is 6.42. The summed E-state index contributed by atoms with van der Waals surface area (Å²) in [5.74, 6) is -0.381. The number of nitrogens with zero attached hydrogens (tertiary/aromatic N) is 4. The van der Waals surface area contributed by atoms with Gasteiger partial charge in [-0.25, -0.2) is 8.42 Å². The molecule has 0 spiro atoms. The first-order valence-electron chi connectivity index (χ1n) is 9.91. The fourth-order valence-corrected chi connectivity index (χ4v) is 5.67.